The average molecular weight is 285 g/mol. The lowest BCUT2D eigenvalue weighted by Crippen LogP contribution is -2.31. The van der Waals surface area contributed by atoms with Gasteiger partial charge in [-0.15, -0.1) is 5.10 Å². The van der Waals surface area contributed by atoms with E-state index in [2.05, 4.69) is 77.4 Å². The van der Waals surface area contributed by atoms with Gasteiger partial charge in [0.1, 0.15) is 0 Å². The summed E-state index contributed by atoms with van der Waals surface area (Å²) in [6, 6.07) is 11.0. The number of aromatic nitrogens is 3. The monoisotopic (exact) mass is 285 g/mol. The van der Waals surface area contributed by atoms with Crippen molar-refractivity contribution < 1.29 is 0 Å². The molecular weight excluding hydrogens is 262 g/mol. The van der Waals surface area contributed by atoms with Crippen molar-refractivity contribution in [1.82, 2.24) is 15.2 Å². The van der Waals surface area contributed by atoms with Gasteiger partial charge in [-0.1, -0.05) is 30.3 Å². The van der Waals surface area contributed by atoms with Crippen LogP contribution in [0.5, 0.6) is 0 Å². The Hall–Kier alpha value is -2.17. The molecule has 2 rings (SSSR count). The minimum absolute atomic E-state index is 0.281. The van der Waals surface area contributed by atoms with Gasteiger partial charge in [0, 0.05) is 18.6 Å². The molecule has 2 aromatic rings. The SMILES string of the molecule is CC(C)Nc1nncc(N(Cc2ccccc2)C(C)C)n1. The first-order valence-electron chi connectivity index (χ1n) is 7.33. The fraction of sp³-hybridized carbons (Fsp3) is 0.438. The molecule has 112 valence electrons. The maximum atomic E-state index is 4.57. The normalized spacial score (nSPS) is 11.0. The molecule has 5 nitrogen and oxygen atoms in total. The van der Waals surface area contributed by atoms with Crippen LogP contribution in [0.4, 0.5) is 11.8 Å². The van der Waals surface area contributed by atoms with Crippen molar-refractivity contribution in [2.45, 2.75) is 46.3 Å². The summed E-state index contributed by atoms with van der Waals surface area (Å²) in [5, 5.41) is 11.3. The lowest BCUT2D eigenvalue weighted by molar-refractivity contribution is 0.666. The highest BCUT2D eigenvalue weighted by Gasteiger charge is 2.14. The number of hydrogen-bond acceptors (Lipinski definition) is 5. The minimum atomic E-state index is 0.281. The second-order valence-electron chi connectivity index (χ2n) is 5.64. The van der Waals surface area contributed by atoms with Gasteiger partial charge in [-0.05, 0) is 33.3 Å². The Labute approximate surface area is 126 Å². The molecule has 0 aliphatic heterocycles. The summed E-state index contributed by atoms with van der Waals surface area (Å²) in [6.07, 6.45) is 1.72. The van der Waals surface area contributed by atoms with E-state index in [0.29, 0.717) is 12.0 Å². The quantitative estimate of drug-likeness (QED) is 0.884. The molecule has 1 aromatic carbocycles. The Bertz CT molecular complexity index is 554. The van der Waals surface area contributed by atoms with Crippen LogP contribution in [-0.4, -0.2) is 27.3 Å². The van der Waals surface area contributed by atoms with Crippen LogP contribution >= 0.6 is 0 Å². The zero-order chi connectivity index (χ0) is 15.2. The molecule has 5 heteroatoms. The van der Waals surface area contributed by atoms with E-state index >= 15 is 0 Å². The second-order valence-corrected chi connectivity index (χ2v) is 5.64. The molecule has 1 heterocycles. The topological polar surface area (TPSA) is 53.9 Å². The van der Waals surface area contributed by atoms with Crippen molar-refractivity contribution in [3.05, 3.63) is 42.1 Å². The van der Waals surface area contributed by atoms with Crippen molar-refractivity contribution in [1.29, 1.82) is 0 Å². The van der Waals surface area contributed by atoms with Gasteiger partial charge < -0.3 is 10.2 Å². The molecule has 1 aromatic heterocycles. The smallest absolute Gasteiger partial charge is 0.244 e. The van der Waals surface area contributed by atoms with Crippen LogP contribution < -0.4 is 10.2 Å². The average Bonchev–Trinajstić information content (AvgIpc) is 2.45. The molecule has 0 saturated heterocycles. The largest absolute Gasteiger partial charge is 0.351 e. The van der Waals surface area contributed by atoms with Gasteiger partial charge in [-0.3, -0.25) is 0 Å². The highest BCUT2D eigenvalue weighted by molar-refractivity contribution is 5.42. The Morgan fingerprint density at radius 1 is 1.10 bits per heavy atom. The van der Waals surface area contributed by atoms with E-state index in [1.54, 1.807) is 6.20 Å². The third-order valence-corrected chi connectivity index (χ3v) is 3.08. The van der Waals surface area contributed by atoms with Gasteiger partial charge in [0.05, 0.1) is 6.20 Å². The number of anilines is 2. The van der Waals surface area contributed by atoms with Crippen LogP contribution in [0.25, 0.3) is 0 Å². The maximum Gasteiger partial charge on any atom is 0.244 e. The number of hydrogen-bond donors (Lipinski definition) is 1. The Balaban J connectivity index is 2.22. The third kappa shape index (κ3) is 4.41. The number of nitrogens with one attached hydrogen (secondary N) is 1. The van der Waals surface area contributed by atoms with Crippen LogP contribution in [0.3, 0.4) is 0 Å². The molecule has 0 unspecified atom stereocenters. The predicted molar refractivity (Wildman–Crippen MR) is 86.3 cm³/mol. The van der Waals surface area contributed by atoms with Crippen molar-refractivity contribution in [2.24, 2.45) is 0 Å². The lowest BCUT2D eigenvalue weighted by atomic mass is 10.2. The van der Waals surface area contributed by atoms with Crippen molar-refractivity contribution in [2.75, 3.05) is 10.2 Å². The van der Waals surface area contributed by atoms with Crippen molar-refractivity contribution in [3.63, 3.8) is 0 Å². The zero-order valence-electron chi connectivity index (χ0n) is 13.1. The molecular formula is C16H23N5. The third-order valence-electron chi connectivity index (χ3n) is 3.08. The molecule has 0 bridgehead atoms. The fourth-order valence-corrected chi connectivity index (χ4v) is 2.06. The van der Waals surface area contributed by atoms with Gasteiger partial charge >= 0.3 is 0 Å². The number of rotatable bonds is 6. The van der Waals surface area contributed by atoms with Gasteiger partial charge in [0.25, 0.3) is 0 Å². The van der Waals surface area contributed by atoms with Gasteiger partial charge in [-0.2, -0.15) is 10.1 Å². The molecule has 21 heavy (non-hydrogen) atoms. The first-order valence-corrected chi connectivity index (χ1v) is 7.33. The molecule has 0 radical (unpaired) electrons. The van der Waals surface area contributed by atoms with E-state index in [4.69, 9.17) is 0 Å². The second kappa shape index (κ2) is 7.02. The summed E-state index contributed by atoms with van der Waals surface area (Å²) in [5.74, 6) is 1.41. The van der Waals surface area contributed by atoms with Crippen LogP contribution in [-0.2, 0) is 6.54 Å². The first kappa shape index (κ1) is 15.2. The molecule has 0 atom stereocenters. The van der Waals surface area contributed by atoms with E-state index in [-0.39, 0.29) is 6.04 Å². The van der Waals surface area contributed by atoms with Gasteiger partial charge in [-0.25, -0.2) is 0 Å². The summed E-state index contributed by atoms with van der Waals surface area (Å²) in [6.45, 7) is 9.22. The number of nitrogens with zero attached hydrogens (tertiary/aromatic N) is 4. The van der Waals surface area contributed by atoms with E-state index in [0.717, 1.165) is 12.4 Å². The van der Waals surface area contributed by atoms with E-state index < -0.39 is 0 Å². The van der Waals surface area contributed by atoms with E-state index in [1.165, 1.54) is 5.56 Å². The predicted octanol–water partition coefficient (Wildman–Crippen LogP) is 3.11. The van der Waals surface area contributed by atoms with Crippen LogP contribution in [0.2, 0.25) is 0 Å². The molecule has 0 spiro atoms. The lowest BCUT2D eigenvalue weighted by Gasteiger charge is -2.27. The van der Waals surface area contributed by atoms with Gasteiger partial charge in [0.2, 0.25) is 5.95 Å². The van der Waals surface area contributed by atoms with E-state index in [1.807, 2.05) is 6.07 Å². The molecule has 0 aliphatic rings. The first-order chi connectivity index (χ1) is 10.1. The zero-order valence-corrected chi connectivity index (χ0v) is 13.1. The standard InChI is InChI=1S/C16H23N5/c1-12(2)18-16-19-15(10-17-20-16)21(13(3)4)11-14-8-6-5-7-9-14/h5-10,12-13H,11H2,1-4H3,(H,18,19,20). The summed E-state index contributed by atoms with van der Waals surface area (Å²) in [4.78, 5) is 6.79. The summed E-state index contributed by atoms with van der Waals surface area (Å²) < 4.78 is 0. The maximum absolute atomic E-state index is 4.57. The molecule has 1 N–H and O–H groups in total. The van der Waals surface area contributed by atoms with E-state index in [9.17, 15) is 0 Å². The molecule has 0 amide bonds. The fourth-order valence-electron chi connectivity index (χ4n) is 2.06. The van der Waals surface area contributed by atoms with Crippen LogP contribution in [0.15, 0.2) is 36.5 Å². The number of benzene rings is 1. The Morgan fingerprint density at radius 2 is 1.81 bits per heavy atom. The molecule has 0 fully saturated rings. The van der Waals surface area contributed by atoms with Crippen molar-refractivity contribution >= 4 is 11.8 Å². The van der Waals surface area contributed by atoms with Crippen LogP contribution in [0.1, 0.15) is 33.3 Å². The highest BCUT2D eigenvalue weighted by atomic mass is 15.3. The van der Waals surface area contributed by atoms with Gasteiger partial charge in [0.15, 0.2) is 5.82 Å². The summed E-state index contributed by atoms with van der Waals surface area (Å²) in [7, 11) is 0. The minimum Gasteiger partial charge on any atom is -0.351 e. The van der Waals surface area contributed by atoms with Crippen LogP contribution in [0, 0.1) is 0 Å². The Morgan fingerprint density at radius 3 is 2.43 bits per heavy atom. The summed E-state index contributed by atoms with van der Waals surface area (Å²) in [5.41, 5.74) is 1.25. The Kier molecular flexibility index (Phi) is 5.09. The molecule has 0 aliphatic carbocycles. The van der Waals surface area contributed by atoms with Crippen molar-refractivity contribution in [3.8, 4) is 0 Å². The highest BCUT2D eigenvalue weighted by Crippen LogP contribution is 2.17. The molecule has 0 saturated carbocycles. The summed E-state index contributed by atoms with van der Waals surface area (Å²) >= 11 is 0.